The Morgan fingerprint density at radius 3 is 2.75 bits per heavy atom. The van der Waals surface area contributed by atoms with Gasteiger partial charge in [-0.1, -0.05) is 32.6 Å². The average Bonchev–Trinajstić information content (AvgIpc) is 2.55. The van der Waals surface area contributed by atoms with Gasteiger partial charge in [0.05, 0.1) is 0 Å². The molecule has 2 heteroatoms. The number of ether oxygens (including phenoxy) is 1. The molecule has 2 nitrogen and oxygen atoms in total. The van der Waals surface area contributed by atoms with Crippen LogP contribution < -0.4 is 5.73 Å². The fourth-order valence-electron chi connectivity index (χ4n) is 3.82. The Morgan fingerprint density at radius 1 is 1.12 bits per heavy atom. The van der Waals surface area contributed by atoms with Crippen LogP contribution in [0.5, 0.6) is 0 Å². The van der Waals surface area contributed by atoms with Crippen molar-refractivity contribution in [2.75, 3.05) is 13.2 Å². The van der Waals surface area contributed by atoms with Crippen molar-refractivity contribution in [1.82, 2.24) is 0 Å². The summed E-state index contributed by atoms with van der Waals surface area (Å²) in [7, 11) is 0. The van der Waals surface area contributed by atoms with Crippen molar-refractivity contribution in [3.05, 3.63) is 0 Å². The van der Waals surface area contributed by atoms with E-state index in [9.17, 15) is 0 Å². The molecule has 2 aliphatic rings. The second-order valence-corrected chi connectivity index (χ2v) is 5.76. The van der Waals surface area contributed by atoms with Gasteiger partial charge >= 0.3 is 0 Å². The molecule has 3 atom stereocenters. The molecule has 0 aromatic carbocycles. The zero-order valence-electron chi connectivity index (χ0n) is 10.7. The van der Waals surface area contributed by atoms with Crippen LogP contribution in [0.4, 0.5) is 0 Å². The molecule has 0 radical (unpaired) electrons. The first-order chi connectivity index (χ1) is 7.76. The second-order valence-electron chi connectivity index (χ2n) is 5.76. The van der Waals surface area contributed by atoms with Crippen LogP contribution in [-0.4, -0.2) is 18.8 Å². The van der Waals surface area contributed by atoms with E-state index >= 15 is 0 Å². The van der Waals surface area contributed by atoms with Crippen LogP contribution in [0.1, 0.15) is 58.3 Å². The first-order valence-electron chi connectivity index (χ1n) is 7.13. The summed E-state index contributed by atoms with van der Waals surface area (Å²) in [6.07, 6.45) is 10.3. The third kappa shape index (κ3) is 2.60. The lowest BCUT2D eigenvalue weighted by Gasteiger charge is -2.44. The topological polar surface area (TPSA) is 35.2 Å². The first kappa shape index (κ1) is 12.4. The van der Waals surface area contributed by atoms with Crippen molar-refractivity contribution < 1.29 is 4.74 Å². The van der Waals surface area contributed by atoms with Gasteiger partial charge in [-0.3, -0.25) is 0 Å². The molecule has 1 heterocycles. The third-order valence-corrected chi connectivity index (χ3v) is 4.81. The summed E-state index contributed by atoms with van der Waals surface area (Å²) in [4.78, 5) is 0. The predicted molar refractivity (Wildman–Crippen MR) is 67.3 cm³/mol. The Kier molecular flexibility index (Phi) is 4.26. The highest BCUT2D eigenvalue weighted by Crippen LogP contribution is 2.42. The van der Waals surface area contributed by atoms with Gasteiger partial charge in [-0.05, 0) is 37.5 Å². The van der Waals surface area contributed by atoms with Gasteiger partial charge in [0.1, 0.15) is 0 Å². The lowest BCUT2D eigenvalue weighted by Crippen LogP contribution is -2.51. The Hall–Kier alpha value is -0.0800. The molecule has 0 aromatic heterocycles. The highest BCUT2D eigenvalue weighted by Gasteiger charge is 2.40. The Bertz CT molecular complexity index is 209. The van der Waals surface area contributed by atoms with E-state index in [2.05, 4.69) is 6.92 Å². The minimum absolute atomic E-state index is 0.0809. The normalized spacial score (nSPS) is 41.6. The summed E-state index contributed by atoms with van der Waals surface area (Å²) in [5.74, 6) is 1.63. The van der Waals surface area contributed by atoms with Gasteiger partial charge in [0, 0.05) is 18.8 Å². The van der Waals surface area contributed by atoms with Gasteiger partial charge in [0.25, 0.3) is 0 Å². The van der Waals surface area contributed by atoms with Crippen LogP contribution in [0, 0.1) is 11.8 Å². The molecular weight excluding hydrogens is 198 g/mol. The summed E-state index contributed by atoms with van der Waals surface area (Å²) in [6, 6.07) is 0. The highest BCUT2D eigenvalue weighted by atomic mass is 16.5. The minimum Gasteiger partial charge on any atom is -0.381 e. The van der Waals surface area contributed by atoms with E-state index in [0.29, 0.717) is 0 Å². The lowest BCUT2D eigenvalue weighted by atomic mass is 9.65. The zero-order chi connectivity index (χ0) is 11.4. The Morgan fingerprint density at radius 2 is 1.94 bits per heavy atom. The van der Waals surface area contributed by atoms with E-state index < -0.39 is 0 Å². The lowest BCUT2D eigenvalue weighted by molar-refractivity contribution is 0.0977. The summed E-state index contributed by atoms with van der Waals surface area (Å²) in [5.41, 5.74) is 6.80. The van der Waals surface area contributed by atoms with Crippen molar-refractivity contribution in [3.8, 4) is 0 Å². The number of hydrogen-bond donors (Lipinski definition) is 1. The Balaban J connectivity index is 2.06. The monoisotopic (exact) mass is 225 g/mol. The summed E-state index contributed by atoms with van der Waals surface area (Å²) < 4.78 is 5.57. The van der Waals surface area contributed by atoms with Crippen molar-refractivity contribution in [3.63, 3.8) is 0 Å². The molecule has 0 aromatic rings. The van der Waals surface area contributed by atoms with Gasteiger partial charge in [0.2, 0.25) is 0 Å². The summed E-state index contributed by atoms with van der Waals surface area (Å²) >= 11 is 0. The van der Waals surface area contributed by atoms with Gasteiger partial charge in [-0.15, -0.1) is 0 Å². The third-order valence-electron chi connectivity index (χ3n) is 4.81. The van der Waals surface area contributed by atoms with Crippen molar-refractivity contribution >= 4 is 0 Å². The SMILES string of the molecule is CCC1CCCCC1C1(N)CCCOCC1. The molecule has 2 fully saturated rings. The van der Waals surface area contributed by atoms with Gasteiger partial charge < -0.3 is 10.5 Å². The van der Waals surface area contributed by atoms with Crippen LogP contribution in [0.15, 0.2) is 0 Å². The maximum atomic E-state index is 6.72. The fraction of sp³-hybridized carbons (Fsp3) is 1.00. The van der Waals surface area contributed by atoms with Crippen LogP contribution in [0.3, 0.4) is 0 Å². The van der Waals surface area contributed by atoms with E-state index in [4.69, 9.17) is 10.5 Å². The number of rotatable bonds is 2. The molecule has 2 rings (SSSR count). The molecule has 16 heavy (non-hydrogen) atoms. The minimum atomic E-state index is 0.0809. The summed E-state index contributed by atoms with van der Waals surface area (Å²) in [6.45, 7) is 4.13. The quantitative estimate of drug-likeness (QED) is 0.783. The van der Waals surface area contributed by atoms with E-state index in [0.717, 1.165) is 37.9 Å². The van der Waals surface area contributed by atoms with Crippen molar-refractivity contribution in [2.45, 2.75) is 63.8 Å². The molecule has 94 valence electrons. The zero-order valence-corrected chi connectivity index (χ0v) is 10.7. The predicted octanol–water partition coefficient (Wildman–Crippen LogP) is 3.10. The molecule has 2 N–H and O–H groups in total. The largest absolute Gasteiger partial charge is 0.381 e. The number of nitrogens with two attached hydrogens (primary N) is 1. The molecule has 0 bridgehead atoms. The van der Waals surface area contributed by atoms with E-state index in [1.165, 1.54) is 38.5 Å². The first-order valence-corrected chi connectivity index (χ1v) is 7.13. The maximum Gasteiger partial charge on any atom is 0.0483 e. The molecule has 1 saturated heterocycles. The second kappa shape index (κ2) is 5.50. The van der Waals surface area contributed by atoms with E-state index in [-0.39, 0.29) is 5.54 Å². The van der Waals surface area contributed by atoms with Crippen molar-refractivity contribution in [1.29, 1.82) is 0 Å². The summed E-state index contributed by atoms with van der Waals surface area (Å²) in [5, 5.41) is 0. The van der Waals surface area contributed by atoms with E-state index in [1.807, 2.05) is 0 Å². The molecule has 3 unspecified atom stereocenters. The molecule has 1 saturated carbocycles. The maximum absolute atomic E-state index is 6.72. The average molecular weight is 225 g/mol. The molecule has 1 aliphatic heterocycles. The van der Waals surface area contributed by atoms with Crippen LogP contribution >= 0.6 is 0 Å². The molecular formula is C14H27NO. The van der Waals surface area contributed by atoms with Gasteiger partial charge in [0.15, 0.2) is 0 Å². The van der Waals surface area contributed by atoms with Crippen LogP contribution in [0.2, 0.25) is 0 Å². The van der Waals surface area contributed by atoms with Crippen LogP contribution in [0.25, 0.3) is 0 Å². The fourth-order valence-corrected chi connectivity index (χ4v) is 3.82. The number of hydrogen-bond acceptors (Lipinski definition) is 2. The molecule has 0 spiro atoms. The smallest absolute Gasteiger partial charge is 0.0483 e. The standard InChI is InChI=1S/C14H27NO/c1-2-12-6-3-4-7-13(12)14(15)8-5-10-16-11-9-14/h12-13H,2-11,15H2,1H3. The van der Waals surface area contributed by atoms with Crippen LogP contribution in [-0.2, 0) is 4.74 Å². The van der Waals surface area contributed by atoms with E-state index in [1.54, 1.807) is 0 Å². The van der Waals surface area contributed by atoms with Gasteiger partial charge in [-0.25, -0.2) is 0 Å². The Labute approximate surface area is 99.9 Å². The highest BCUT2D eigenvalue weighted by molar-refractivity contribution is 4.96. The van der Waals surface area contributed by atoms with Crippen molar-refractivity contribution in [2.24, 2.45) is 17.6 Å². The molecule has 0 amide bonds. The van der Waals surface area contributed by atoms with Gasteiger partial charge in [-0.2, -0.15) is 0 Å². The molecule has 1 aliphatic carbocycles.